The van der Waals surface area contributed by atoms with Crippen LogP contribution in [-0.4, -0.2) is 24.2 Å². The summed E-state index contributed by atoms with van der Waals surface area (Å²) in [5, 5.41) is 4.62. The number of carbonyl (C=O) groups is 1. The number of nitrogens with zero attached hydrogens (tertiary/aromatic N) is 2. The number of pyridine rings is 1. The lowest BCUT2D eigenvalue weighted by molar-refractivity contribution is 0.0950. The van der Waals surface area contributed by atoms with E-state index in [1.54, 1.807) is 43.6 Å². The van der Waals surface area contributed by atoms with E-state index in [0.717, 1.165) is 10.0 Å². The van der Waals surface area contributed by atoms with Crippen molar-refractivity contribution in [1.29, 1.82) is 0 Å². The van der Waals surface area contributed by atoms with Gasteiger partial charge >= 0.3 is 0 Å². The summed E-state index contributed by atoms with van der Waals surface area (Å²) in [6.45, 7) is 0.302. The number of methoxy groups -OCH3 is 1. The van der Waals surface area contributed by atoms with Gasteiger partial charge in [-0.3, -0.25) is 9.78 Å². The molecule has 1 amide bonds. The molecule has 3 aromatic rings. The minimum Gasteiger partial charge on any atom is -0.493 e. The number of ether oxygens (including phenoxy) is 2. The van der Waals surface area contributed by atoms with Crippen molar-refractivity contribution in [2.45, 2.75) is 6.61 Å². The van der Waals surface area contributed by atoms with Crippen LogP contribution in [0.1, 0.15) is 21.6 Å². The van der Waals surface area contributed by atoms with Crippen molar-refractivity contribution < 1.29 is 14.3 Å². The molecule has 0 saturated heterocycles. The van der Waals surface area contributed by atoms with Crippen molar-refractivity contribution >= 4 is 39.7 Å². The third-order valence-electron chi connectivity index (χ3n) is 3.89. The van der Waals surface area contributed by atoms with Gasteiger partial charge in [-0.15, -0.1) is 0 Å². The summed E-state index contributed by atoms with van der Waals surface area (Å²) in [5.74, 6) is 0.677. The Morgan fingerprint density at radius 2 is 2.00 bits per heavy atom. The molecule has 1 heterocycles. The van der Waals surface area contributed by atoms with Crippen LogP contribution in [0.3, 0.4) is 0 Å². The molecule has 0 atom stereocenters. The first-order chi connectivity index (χ1) is 14.1. The van der Waals surface area contributed by atoms with Crippen LogP contribution in [0.2, 0.25) is 5.02 Å². The predicted octanol–water partition coefficient (Wildman–Crippen LogP) is 4.85. The van der Waals surface area contributed by atoms with Gasteiger partial charge in [-0.2, -0.15) is 5.10 Å². The number of hydrogen-bond acceptors (Lipinski definition) is 5. The quantitative estimate of drug-likeness (QED) is 0.392. The lowest BCUT2D eigenvalue weighted by Crippen LogP contribution is -2.18. The number of benzene rings is 2. The highest BCUT2D eigenvalue weighted by Gasteiger charge is 2.11. The Bertz CT molecular complexity index is 1030. The van der Waals surface area contributed by atoms with Crippen molar-refractivity contribution in [1.82, 2.24) is 10.4 Å². The fraction of sp³-hybridized carbons (Fsp3) is 0.0952. The maximum atomic E-state index is 12.0. The molecule has 29 heavy (non-hydrogen) atoms. The first-order valence-corrected chi connectivity index (χ1v) is 9.73. The summed E-state index contributed by atoms with van der Waals surface area (Å²) in [5.41, 5.74) is 4.29. The van der Waals surface area contributed by atoms with Crippen LogP contribution in [0.25, 0.3) is 0 Å². The van der Waals surface area contributed by atoms with Gasteiger partial charge < -0.3 is 9.47 Å². The minimum atomic E-state index is -0.398. The number of nitrogens with one attached hydrogen (secondary N) is 1. The second-order valence-corrected chi connectivity index (χ2v) is 7.08. The highest BCUT2D eigenvalue weighted by Crippen LogP contribution is 2.33. The van der Waals surface area contributed by atoms with E-state index in [4.69, 9.17) is 21.1 Å². The normalized spacial score (nSPS) is 10.7. The molecule has 1 aromatic heterocycles. The first-order valence-electron chi connectivity index (χ1n) is 8.56. The fourth-order valence-electron chi connectivity index (χ4n) is 2.41. The predicted molar refractivity (Wildman–Crippen MR) is 116 cm³/mol. The van der Waals surface area contributed by atoms with Gasteiger partial charge in [0.2, 0.25) is 0 Å². The summed E-state index contributed by atoms with van der Waals surface area (Å²) in [6, 6.07) is 16.1. The Morgan fingerprint density at radius 1 is 1.21 bits per heavy atom. The maximum absolute atomic E-state index is 12.0. The van der Waals surface area contributed by atoms with Gasteiger partial charge in [0.1, 0.15) is 12.3 Å². The maximum Gasteiger partial charge on any atom is 0.289 e. The van der Waals surface area contributed by atoms with E-state index in [1.165, 1.54) is 6.21 Å². The number of halogens is 2. The summed E-state index contributed by atoms with van der Waals surface area (Å²) in [7, 11) is 1.55. The van der Waals surface area contributed by atoms with Crippen molar-refractivity contribution in [3.8, 4) is 11.5 Å². The highest BCUT2D eigenvalue weighted by molar-refractivity contribution is 9.10. The minimum absolute atomic E-state index is 0.282. The van der Waals surface area contributed by atoms with Crippen LogP contribution >= 0.6 is 27.5 Å². The topological polar surface area (TPSA) is 72.8 Å². The molecule has 148 valence electrons. The SMILES string of the molecule is COc1cc(/C=N\NC(=O)c2ccccn2)c(Br)cc1OCc1ccccc1Cl. The molecule has 0 aliphatic rings. The molecule has 0 bridgehead atoms. The summed E-state index contributed by atoms with van der Waals surface area (Å²) < 4.78 is 12.0. The van der Waals surface area contributed by atoms with E-state index in [-0.39, 0.29) is 5.69 Å². The average molecular weight is 475 g/mol. The zero-order valence-corrected chi connectivity index (χ0v) is 17.8. The summed E-state index contributed by atoms with van der Waals surface area (Å²) in [6.07, 6.45) is 3.05. The van der Waals surface area contributed by atoms with E-state index in [9.17, 15) is 4.79 Å². The summed E-state index contributed by atoms with van der Waals surface area (Å²) >= 11 is 9.66. The molecule has 6 nitrogen and oxygen atoms in total. The van der Waals surface area contributed by atoms with Crippen LogP contribution in [-0.2, 0) is 6.61 Å². The van der Waals surface area contributed by atoms with Crippen molar-refractivity contribution in [3.63, 3.8) is 0 Å². The zero-order valence-electron chi connectivity index (χ0n) is 15.4. The van der Waals surface area contributed by atoms with Crippen molar-refractivity contribution in [2.24, 2.45) is 5.10 Å². The number of amides is 1. The van der Waals surface area contributed by atoms with Gasteiger partial charge in [0.15, 0.2) is 11.5 Å². The molecule has 0 unspecified atom stereocenters. The van der Waals surface area contributed by atoms with E-state index < -0.39 is 5.91 Å². The fourth-order valence-corrected chi connectivity index (χ4v) is 3.02. The molecule has 0 fully saturated rings. The molecule has 3 rings (SSSR count). The Hall–Kier alpha value is -2.90. The lowest BCUT2D eigenvalue weighted by Gasteiger charge is -2.13. The Morgan fingerprint density at radius 3 is 2.72 bits per heavy atom. The molecule has 0 radical (unpaired) electrons. The third-order valence-corrected chi connectivity index (χ3v) is 4.95. The zero-order chi connectivity index (χ0) is 20.6. The van der Waals surface area contributed by atoms with Crippen LogP contribution in [0.5, 0.6) is 11.5 Å². The third kappa shape index (κ3) is 5.56. The van der Waals surface area contributed by atoms with Crippen LogP contribution in [0.4, 0.5) is 0 Å². The second kappa shape index (κ2) is 10.0. The van der Waals surface area contributed by atoms with Crippen LogP contribution in [0.15, 0.2) is 70.4 Å². The number of carbonyl (C=O) groups excluding carboxylic acids is 1. The van der Waals surface area contributed by atoms with Gasteiger partial charge in [-0.1, -0.05) is 35.9 Å². The number of aromatic nitrogens is 1. The molecule has 0 aliphatic carbocycles. The second-order valence-electron chi connectivity index (χ2n) is 5.82. The molecular formula is C21H17BrClN3O3. The van der Waals surface area contributed by atoms with Gasteiger partial charge in [-0.05, 0) is 46.3 Å². The molecule has 1 N–H and O–H groups in total. The average Bonchev–Trinajstić information content (AvgIpc) is 2.75. The van der Waals surface area contributed by atoms with Gasteiger partial charge in [0.05, 0.1) is 13.3 Å². The number of hydrogen-bond donors (Lipinski definition) is 1. The molecule has 0 saturated carbocycles. The van der Waals surface area contributed by atoms with Gasteiger partial charge in [0.25, 0.3) is 5.91 Å². The monoisotopic (exact) mass is 473 g/mol. The van der Waals surface area contributed by atoms with Crippen LogP contribution in [0, 0.1) is 0 Å². The molecule has 0 spiro atoms. The standard InChI is InChI=1S/C21H17BrClN3O3/c1-28-19-10-15(12-25-26-21(27)18-8-4-5-9-24-18)16(22)11-20(19)29-13-14-6-2-3-7-17(14)23/h2-12H,13H2,1H3,(H,26,27)/b25-12-. The number of hydrazone groups is 1. The molecule has 2 aromatic carbocycles. The smallest absolute Gasteiger partial charge is 0.289 e. The largest absolute Gasteiger partial charge is 0.493 e. The summed E-state index contributed by atoms with van der Waals surface area (Å²) in [4.78, 5) is 16.0. The van der Waals surface area contributed by atoms with E-state index >= 15 is 0 Å². The Labute approximate surface area is 181 Å². The Balaban J connectivity index is 1.70. The first kappa shape index (κ1) is 20.8. The molecular weight excluding hydrogens is 458 g/mol. The molecule has 8 heteroatoms. The molecule has 0 aliphatic heterocycles. The van der Waals surface area contributed by atoms with Crippen molar-refractivity contribution in [2.75, 3.05) is 7.11 Å². The highest BCUT2D eigenvalue weighted by atomic mass is 79.9. The van der Waals surface area contributed by atoms with Gasteiger partial charge in [-0.25, -0.2) is 5.43 Å². The van der Waals surface area contributed by atoms with Gasteiger partial charge in [0, 0.05) is 26.8 Å². The number of rotatable bonds is 7. The van der Waals surface area contributed by atoms with E-state index in [1.807, 2.05) is 24.3 Å². The van der Waals surface area contributed by atoms with E-state index in [0.29, 0.717) is 28.7 Å². The van der Waals surface area contributed by atoms with Crippen LogP contribution < -0.4 is 14.9 Å². The lowest BCUT2D eigenvalue weighted by atomic mass is 10.2. The Kier molecular flexibility index (Phi) is 7.21. The van der Waals surface area contributed by atoms with E-state index in [2.05, 4.69) is 31.4 Å². The van der Waals surface area contributed by atoms with Crippen molar-refractivity contribution in [3.05, 3.63) is 87.1 Å².